The predicted octanol–water partition coefficient (Wildman–Crippen LogP) is 2.45. The summed E-state index contributed by atoms with van der Waals surface area (Å²) in [5.41, 5.74) is 3.08. The largest absolute Gasteiger partial charge is 0.301 e. The molecule has 0 aliphatic heterocycles. The van der Waals surface area contributed by atoms with E-state index in [1.807, 2.05) is 5.51 Å². The van der Waals surface area contributed by atoms with Crippen LogP contribution in [-0.4, -0.2) is 29.2 Å². The number of aromatic nitrogens is 1. The molecule has 0 aliphatic rings. The van der Waals surface area contributed by atoms with Crippen LogP contribution in [-0.2, 0) is 6.54 Å². The predicted molar refractivity (Wildman–Crippen MR) is 66.2 cm³/mol. The quantitative estimate of drug-likeness (QED) is 0.782. The summed E-state index contributed by atoms with van der Waals surface area (Å²) in [6, 6.07) is 0. The molecule has 0 N–H and O–H groups in total. The smallest absolute Gasteiger partial charge is 0.0798 e. The molecule has 1 aromatic rings. The van der Waals surface area contributed by atoms with E-state index in [0.717, 1.165) is 18.8 Å². The van der Waals surface area contributed by atoms with E-state index in [1.165, 1.54) is 10.6 Å². The summed E-state index contributed by atoms with van der Waals surface area (Å²) in [5, 5.41) is 0. The zero-order valence-corrected chi connectivity index (χ0v) is 10.7. The Balaban J connectivity index is 2.41. The van der Waals surface area contributed by atoms with E-state index in [-0.39, 0.29) is 0 Å². The van der Waals surface area contributed by atoms with Gasteiger partial charge in [0, 0.05) is 18.0 Å². The molecular formula is C10H18N2S2. The Morgan fingerprint density at radius 3 is 2.86 bits per heavy atom. The van der Waals surface area contributed by atoms with Gasteiger partial charge in [0.05, 0.1) is 11.2 Å². The summed E-state index contributed by atoms with van der Waals surface area (Å²) in [7, 11) is 2.15. The number of nitrogens with zero attached hydrogens (tertiary/aromatic N) is 2. The van der Waals surface area contributed by atoms with Crippen LogP contribution in [0.4, 0.5) is 0 Å². The Labute approximate surface area is 95.8 Å². The van der Waals surface area contributed by atoms with Crippen molar-refractivity contribution in [3.8, 4) is 0 Å². The lowest BCUT2D eigenvalue weighted by Gasteiger charge is -2.19. The number of hydrogen-bond acceptors (Lipinski definition) is 4. The van der Waals surface area contributed by atoms with E-state index in [0.29, 0.717) is 5.92 Å². The molecule has 0 radical (unpaired) electrons. The average Bonchev–Trinajstić information content (AvgIpc) is 2.51. The van der Waals surface area contributed by atoms with E-state index in [9.17, 15) is 0 Å². The molecule has 2 nitrogen and oxygen atoms in total. The van der Waals surface area contributed by atoms with Crippen molar-refractivity contribution < 1.29 is 0 Å². The Morgan fingerprint density at radius 2 is 2.36 bits per heavy atom. The van der Waals surface area contributed by atoms with Crippen molar-refractivity contribution in [2.45, 2.75) is 20.4 Å². The van der Waals surface area contributed by atoms with Gasteiger partial charge in [0.1, 0.15) is 0 Å². The SMILES string of the molecule is Cc1ncsc1CN(C)CC(C)CS. The molecule has 4 heteroatoms. The molecule has 1 rings (SSSR count). The third-order valence-electron chi connectivity index (χ3n) is 2.19. The second kappa shape index (κ2) is 5.73. The van der Waals surface area contributed by atoms with Gasteiger partial charge in [0.15, 0.2) is 0 Å². The lowest BCUT2D eigenvalue weighted by molar-refractivity contribution is 0.292. The van der Waals surface area contributed by atoms with E-state index in [1.54, 1.807) is 11.3 Å². The molecule has 0 spiro atoms. The van der Waals surface area contributed by atoms with Crippen LogP contribution in [0.15, 0.2) is 5.51 Å². The van der Waals surface area contributed by atoms with Crippen LogP contribution in [0.5, 0.6) is 0 Å². The highest BCUT2D eigenvalue weighted by Crippen LogP contribution is 2.14. The van der Waals surface area contributed by atoms with Crippen molar-refractivity contribution in [1.82, 2.24) is 9.88 Å². The minimum atomic E-state index is 0.650. The summed E-state index contributed by atoms with van der Waals surface area (Å²) < 4.78 is 0. The van der Waals surface area contributed by atoms with Gasteiger partial charge in [-0.2, -0.15) is 12.6 Å². The standard InChI is InChI=1S/C10H18N2S2/c1-8(6-13)4-12(3)5-10-9(2)11-7-14-10/h7-8,13H,4-6H2,1-3H3. The zero-order chi connectivity index (χ0) is 10.6. The summed E-state index contributed by atoms with van der Waals surface area (Å²) in [4.78, 5) is 7.95. The molecule has 80 valence electrons. The summed E-state index contributed by atoms with van der Waals surface area (Å²) >= 11 is 6.03. The molecule has 0 saturated carbocycles. The summed E-state index contributed by atoms with van der Waals surface area (Å²) in [5.74, 6) is 1.60. The van der Waals surface area contributed by atoms with E-state index in [4.69, 9.17) is 0 Å². The van der Waals surface area contributed by atoms with Crippen molar-refractivity contribution in [2.75, 3.05) is 19.3 Å². The van der Waals surface area contributed by atoms with E-state index >= 15 is 0 Å². The van der Waals surface area contributed by atoms with Crippen molar-refractivity contribution in [2.24, 2.45) is 5.92 Å². The van der Waals surface area contributed by atoms with Crippen molar-refractivity contribution >= 4 is 24.0 Å². The summed E-state index contributed by atoms with van der Waals surface area (Å²) in [6.07, 6.45) is 0. The molecule has 0 fully saturated rings. The Bertz CT molecular complexity index is 273. The molecule has 0 saturated heterocycles. The molecule has 0 aliphatic carbocycles. The fourth-order valence-corrected chi connectivity index (χ4v) is 2.35. The number of aryl methyl sites for hydroxylation is 1. The van der Waals surface area contributed by atoms with Gasteiger partial charge in [-0.25, -0.2) is 4.98 Å². The molecule has 1 atom stereocenters. The molecule has 1 unspecified atom stereocenters. The van der Waals surface area contributed by atoms with Gasteiger partial charge < -0.3 is 4.90 Å². The van der Waals surface area contributed by atoms with Crippen LogP contribution in [0, 0.1) is 12.8 Å². The third kappa shape index (κ3) is 3.59. The van der Waals surface area contributed by atoms with Crippen LogP contribution < -0.4 is 0 Å². The molecule has 0 amide bonds. The van der Waals surface area contributed by atoms with Crippen molar-refractivity contribution in [1.29, 1.82) is 0 Å². The second-order valence-electron chi connectivity index (χ2n) is 3.85. The minimum Gasteiger partial charge on any atom is -0.301 e. The Morgan fingerprint density at radius 1 is 1.64 bits per heavy atom. The highest BCUT2D eigenvalue weighted by Gasteiger charge is 2.08. The first-order chi connectivity index (χ1) is 6.63. The van der Waals surface area contributed by atoms with Crippen LogP contribution in [0.2, 0.25) is 0 Å². The van der Waals surface area contributed by atoms with Gasteiger partial charge in [-0.1, -0.05) is 6.92 Å². The van der Waals surface area contributed by atoms with Crippen LogP contribution in [0.3, 0.4) is 0 Å². The Kier molecular flexibility index (Phi) is 4.92. The maximum Gasteiger partial charge on any atom is 0.0798 e. The molecule has 1 heterocycles. The number of thiol groups is 1. The Hall–Kier alpha value is -0.0600. The number of hydrogen-bond donors (Lipinski definition) is 1. The van der Waals surface area contributed by atoms with Gasteiger partial charge in [0.2, 0.25) is 0 Å². The molecule has 1 aromatic heterocycles. The highest BCUT2D eigenvalue weighted by molar-refractivity contribution is 7.80. The molecule has 14 heavy (non-hydrogen) atoms. The van der Waals surface area contributed by atoms with Crippen LogP contribution in [0.25, 0.3) is 0 Å². The molecular weight excluding hydrogens is 212 g/mol. The van der Waals surface area contributed by atoms with Gasteiger partial charge in [-0.05, 0) is 25.6 Å². The molecule has 0 bridgehead atoms. The topological polar surface area (TPSA) is 16.1 Å². The first-order valence-electron chi connectivity index (χ1n) is 4.81. The maximum absolute atomic E-state index is 4.29. The monoisotopic (exact) mass is 230 g/mol. The second-order valence-corrected chi connectivity index (χ2v) is 5.15. The maximum atomic E-state index is 4.29. The average molecular weight is 230 g/mol. The van der Waals surface area contributed by atoms with Crippen molar-refractivity contribution in [3.05, 3.63) is 16.1 Å². The van der Waals surface area contributed by atoms with Gasteiger partial charge >= 0.3 is 0 Å². The van der Waals surface area contributed by atoms with Crippen molar-refractivity contribution in [3.63, 3.8) is 0 Å². The lowest BCUT2D eigenvalue weighted by atomic mass is 10.2. The van der Waals surface area contributed by atoms with Gasteiger partial charge in [-0.3, -0.25) is 0 Å². The van der Waals surface area contributed by atoms with Crippen LogP contribution in [0.1, 0.15) is 17.5 Å². The first kappa shape index (κ1) is 12.0. The first-order valence-corrected chi connectivity index (χ1v) is 6.33. The fraction of sp³-hybridized carbons (Fsp3) is 0.700. The highest BCUT2D eigenvalue weighted by atomic mass is 32.1. The van der Waals surface area contributed by atoms with Gasteiger partial charge in [0.25, 0.3) is 0 Å². The van der Waals surface area contributed by atoms with E-state index in [2.05, 4.69) is 43.4 Å². The minimum absolute atomic E-state index is 0.650. The number of thiazole rings is 1. The fourth-order valence-electron chi connectivity index (χ4n) is 1.38. The molecule has 0 aromatic carbocycles. The summed E-state index contributed by atoms with van der Waals surface area (Å²) in [6.45, 7) is 6.40. The third-order valence-corrected chi connectivity index (χ3v) is 3.74. The zero-order valence-electron chi connectivity index (χ0n) is 9.03. The lowest BCUT2D eigenvalue weighted by Crippen LogP contribution is -2.24. The number of rotatable bonds is 5. The van der Waals surface area contributed by atoms with Gasteiger partial charge in [-0.15, -0.1) is 11.3 Å². The van der Waals surface area contributed by atoms with Crippen LogP contribution >= 0.6 is 24.0 Å². The van der Waals surface area contributed by atoms with E-state index < -0.39 is 0 Å². The normalized spacial score (nSPS) is 13.5.